The van der Waals surface area contributed by atoms with Crippen LogP contribution < -0.4 is 0 Å². The molecule has 94 valence electrons. The summed E-state index contributed by atoms with van der Waals surface area (Å²) in [6.45, 7) is 3.10. The van der Waals surface area contributed by atoms with Gasteiger partial charge in [0.05, 0.1) is 19.1 Å². The van der Waals surface area contributed by atoms with Crippen LogP contribution in [0.5, 0.6) is 0 Å². The topological polar surface area (TPSA) is 70.0 Å². The van der Waals surface area contributed by atoms with Gasteiger partial charge in [-0.3, -0.25) is 9.69 Å². The first-order valence-corrected chi connectivity index (χ1v) is 5.34. The van der Waals surface area contributed by atoms with Gasteiger partial charge in [-0.1, -0.05) is 6.58 Å². The number of amides is 1. The Hall–Kier alpha value is -1.24. The van der Waals surface area contributed by atoms with E-state index in [-0.39, 0.29) is 30.9 Å². The minimum atomic E-state index is -0.848. The zero-order chi connectivity index (χ0) is 12.6. The number of halogens is 1. The van der Waals surface area contributed by atoms with Gasteiger partial charge in [0.1, 0.15) is 18.2 Å². The van der Waals surface area contributed by atoms with Crippen LogP contribution >= 0.6 is 0 Å². The van der Waals surface area contributed by atoms with E-state index in [1.165, 1.54) is 0 Å². The van der Waals surface area contributed by atoms with Crippen LogP contribution in [0.3, 0.4) is 0 Å². The maximum absolute atomic E-state index is 13.3. The number of rotatable bonds is 2. The molecule has 0 radical (unpaired) electrons. The fraction of sp³-hybridized carbons (Fsp3) is 0.545. The van der Waals surface area contributed by atoms with Gasteiger partial charge in [-0.25, -0.2) is 4.39 Å². The van der Waals surface area contributed by atoms with E-state index in [0.717, 1.165) is 11.1 Å². The van der Waals surface area contributed by atoms with Crippen LogP contribution in [0.15, 0.2) is 24.2 Å². The van der Waals surface area contributed by atoms with Crippen molar-refractivity contribution >= 4 is 5.91 Å². The highest BCUT2D eigenvalue weighted by Crippen LogP contribution is 2.29. The smallest absolute Gasteiger partial charge is 0.233 e. The molecule has 5 nitrogen and oxygen atoms in total. The van der Waals surface area contributed by atoms with E-state index in [2.05, 4.69) is 6.58 Å². The summed E-state index contributed by atoms with van der Waals surface area (Å²) in [5.74, 6) is -0.887. The van der Waals surface area contributed by atoms with Crippen molar-refractivity contribution in [2.75, 3.05) is 6.61 Å². The number of hydrogen-bond donors (Lipinski definition) is 2. The summed E-state index contributed by atoms with van der Waals surface area (Å²) in [6.07, 6.45) is -1.21. The second-order valence-electron chi connectivity index (χ2n) is 4.17. The van der Waals surface area contributed by atoms with Crippen molar-refractivity contribution in [2.45, 2.75) is 31.3 Å². The molecule has 0 saturated carbocycles. The van der Waals surface area contributed by atoms with Gasteiger partial charge in [-0.2, -0.15) is 0 Å². The van der Waals surface area contributed by atoms with Gasteiger partial charge in [0.25, 0.3) is 0 Å². The van der Waals surface area contributed by atoms with Crippen molar-refractivity contribution in [1.82, 2.24) is 4.90 Å². The van der Waals surface area contributed by atoms with E-state index >= 15 is 0 Å². The van der Waals surface area contributed by atoms with Crippen LogP contribution in [0.25, 0.3) is 0 Å². The van der Waals surface area contributed by atoms with Crippen LogP contribution in [0, 0.1) is 0 Å². The summed E-state index contributed by atoms with van der Waals surface area (Å²) >= 11 is 0. The third-order valence-corrected chi connectivity index (χ3v) is 2.94. The first-order chi connectivity index (χ1) is 8.02. The number of carbonyl (C=O) groups is 1. The van der Waals surface area contributed by atoms with Crippen molar-refractivity contribution < 1.29 is 24.1 Å². The minimum absolute atomic E-state index is 0.0952. The number of ether oxygens (including phenoxy) is 1. The summed E-state index contributed by atoms with van der Waals surface area (Å²) in [4.78, 5) is 12.8. The lowest BCUT2D eigenvalue weighted by molar-refractivity contribution is -0.141. The van der Waals surface area contributed by atoms with Crippen LogP contribution in [0.4, 0.5) is 4.39 Å². The molecule has 0 aromatic heterocycles. The van der Waals surface area contributed by atoms with Crippen molar-refractivity contribution in [2.24, 2.45) is 0 Å². The summed E-state index contributed by atoms with van der Waals surface area (Å²) in [7, 11) is 0. The average Bonchev–Trinajstić information content (AvgIpc) is 2.65. The van der Waals surface area contributed by atoms with E-state index in [4.69, 9.17) is 9.84 Å². The predicted molar refractivity (Wildman–Crippen MR) is 56.2 cm³/mol. The molecule has 0 spiro atoms. The number of carbonyl (C=O) groups excluding carboxylic acids is 1. The predicted octanol–water partition coefficient (Wildman–Crippen LogP) is 0.0540. The first-order valence-electron chi connectivity index (χ1n) is 5.34. The zero-order valence-corrected chi connectivity index (χ0v) is 9.17. The highest BCUT2D eigenvalue weighted by Gasteiger charge is 2.39. The third-order valence-electron chi connectivity index (χ3n) is 2.94. The van der Waals surface area contributed by atoms with Gasteiger partial charge in [0, 0.05) is 12.6 Å². The number of hydrogen-bond acceptors (Lipinski definition) is 4. The molecule has 2 aliphatic heterocycles. The summed E-state index contributed by atoms with van der Waals surface area (Å²) in [5.41, 5.74) is 0.142. The van der Waals surface area contributed by atoms with Crippen molar-refractivity contribution in [3.8, 4) is 0 Å². The number of nitrogens with zero attached hydrogens (tertiary/aromatic N) is 1. The SMILES string of the molecule is C=C1CC(=O)N([C@H]2C[C@H](O)[C@@H](CO)O2)C=C1F. The molecule has 2 rings (SSSR count). The van der Waals surface area contributed by atoms with Gasteiger partial charge in [-0.05, 0) is 5.57 Å². The molecule has 0 bridgehead atoms. The molecule has 1 amide bonds. The maximum Gasteiger partial charge on any atom is 0.233 e. The number of allylic oxidation sites excluding steroid dienone is 1. The Morgan fingerprint density at radius 1 is 1.65 bits per heavy atom. The Bertz CT molecular complexity index is 382. The lowest BCUT2D eigenvalue weighted by atomic mass is 10.1. The Morgan fingerprint density at radius 3 is 2.94 bits per heavy atom. The molecule has 0 aliphatic carbocycles. The largest absolute Gasteiger partial charge is 0.394 e. The fourth-order valence-corrected chi connectivity index (χ4v) is 1.94. The Kier molecular flexibility index (Phi) is 3.28. The summed E-state index contributed by atoms with van der Waals surface area (Å²) < 4.78 is 18.6. The van der Waals surface area contributed by atoms with E-state index < -0.39 is 24.3 Å². The molecular weight excluding hydrogens is 229 g/mol. The molecule has 0 unspecified atom stereocenters. The van der Waals surface area contributed by atoms with Gasteiger partial charge < -0.3 is 14.9 Å². The first kappa shape index (κ1) is 12.2. The highest BCUT2D eigenvalue weighted by molar-refractivity contribution is 5.82. The molecular formula is C11H14FNO4. The number of aliphatic hydroxyl groups excluding tert-OH is 2. The fourth-order valence-electron chi connectivity index (χ4n) is 1.94. The van der Waals surface area contributed by atoms with Gasteiger partial charge in [0.2, 0.25) is 5.91 Å². The van der Waals surface area contributed by atoms with E-state index in [9.17, 15) is 14.3 Å². The lowest BCUT2D eigenvalue weighted by Gasteiger charge is -2.28. The molecule has 0 aromatic rings. The van der Waals surface area contributed by atoms with Crippen LogP contribution in [-0.2, 0) is 9.53 Å². The second kappa shape index (κ2) is 4.56. The monoisotopic (exact) mass is 243 g/mol. The van der Waals surface area contributed by atoms with Crippen molar-refractivity contribution in [3.63, 3.8) is 0 Å². The van der Waals surface area contributed by atoms with Gasteiger partial charge in [-0.15, -0.1) is 0 Å². The van der Waals surface area contributed by atoms with E-state index in [0.29, 0.717) is 0 Å². The highest BCUT2D eigenvalue weighted by atomic mass is 19.1. The quantitative estimate of drug-likeness (QED) is 0.719. The summed E-state index contributed by atoms with van der Waals surface area (Å²) in [5, 5.41) is 18.5. The van der Waals surface area contributed by atoms with E-state index in [1.54, 1.807) is 0 Å². The minimum Gasteiger partial charge on any atom is -0.394 e. The maximum atomic E-state index is 13.3. The normalized spacial score (nSPS) is 34.2. The molecule has 2 aliphatic rings. The molecule has 1 fully saturated rings. The zero-order valence-electron chi connectivity index (χ0n) is 9.17. The standard InChI is InChI=1S/C11H14FNO4/c1-6-2-10(16)13(4-7(6)12)11-3-8(15)9(5-14)17-11/h4,8-9,11,14-15H,1-3,5H2/t8-,9+,11+/m0/s1. The molecule has 1 saturated heterocycles. The van der Waals surface area contributed by atoms with Crippen LogP contribution in [-0.4, -0.2) is 46.1 Å². The molecule has 2 heterocycles. The van der Waals surface area contributed by atoms with Crippen LogP contribution in [0.2, 0.25) is 0 Å². The Morgan fingerprint density at radius 2 is 2.35 bits per heavy atom. The van der Waals surface area contributed by atoms with E-state index in [1.807, 2.05) is 0 Å². The second-order valence-corrected chi connectivity index (χ2v) is 4.17. The molecule has 0 aromatic carbocycles. The van der Waals surface area contributed by atoms with Gasteiger partial charge in [0.15, 0.2) is 0 Å². The molecule has 2 N–H and O–H groups in total. The average molecular weight is 243 g/mol. The Balaban J connectivity index is 2.13. The Labute approximate surface area is 97.8 Å². The van der Waals surface area contributed by atoms with Crippen molar-refractivity contribution in [3.05, 3.63) is 24.2 Å². The molecule has 17 heavy (non-hydrogen) atoms. The molecule has 6 heteroatoms. The molecule has 3 atom stereocenters. The van der Waals surface area contributed by atoms with Crippen LogP contribution in [0.1, 0.15) is 12.8 Å². The summed E-state index contributed by atoms with van der Waals surface area (Å²) in [6, 6.07) is 0. The lowest BCUT2D eigenvalue weighted by Crippen LogP contribution is -2.38. The third kappa shape index (κ3) is 2.24. The number of aliphatic hydroxyl groups is 2. The van der Waals surface area contributed by atoms with Crippen molar-refractivity contribution in [1.29, 1.82) is 0 Å². The van der Waals surface area contributed by atoms with Gasteiger partial charge >= 0.3 is 0 Å².